The molecule has 0 fully saturated rings. The Hall–Kier alpha value is -3.22. The number of aliphatic hydroxyl groups excluding tert-OH is 1. The Morgan fingerprint density at radius 1 is 0.933 bits per heavy atom. The Morgan fingerprint density at radius 2 is 1.33 bits per heavy atom. The third kappa shape index (κ3) is 13.0. The van der Waals surface area contributed by atoms with Gasteiger partial charge in [-0.2, -0.15) is 0 Å². The summed E-state index contributed by atoms with van der Waals surface area (Å²) in [5, 5.41) is 7.57. The third-order valence-corrected chi connectivity index (χ3v) is 2.95. The van der Waals surface area contributed by atoms with Crippen LogP contribution in [0.15, 0.2) is 48.5 Å². The predicted octanol–water partition coefficient (Wildman–Crippen LogP) is -0.227. The fraction of sp³-hybridized carbons (Fsp3) is 0.263. The number of nitrogen functional groups attached to an aromatic ring is 1. The molecule has 30 heavy (non-hydrogen) atoms. The van der Waals surface area contributed by atoms with Crippen LogP contribution in [-0.2, 0) is 4.74 Å². The fourth-order valence-corrected chi connectivity index (χ4v) is 1.72. The van der Waals surface area contributed by atoms with E-state index in [2.05, 4.69) is 16.4 Å². The van der Waals surface area contributed by atoms with Crippen molar-refractivity contribution in [3.05, 3.63) is 59.7 Å². The number of hydrogen-bond donors (Lipinski definition) is 5. The summed E-state index contributed by atoms with van der Waals surface area (Å²) in [5.74, 6) is 13.6. The highest BCUT2D eigenvalue weighted by Crippen LogP contribution is 2.13. The van der Waals surface area contributed by atoms with Crippen LogP contribution in [0.5, 0.6) is 11.5 Å². The number of hydrogen-bond acceptors (Lipinski definition) is 9. The van der Waals surface area contributed by atoms with E-state index in [4.69, 9.17) is 20.4 Å². The number of amides is 1. The summed E-state index contributed by atoms with van der Waals surface area (Å²) in [6.45, 7) is 1.93. The number of benzene rings is 2. The number of esters is 1. The standard InChI is InChI=1S/C9H10O3.C8H10N2O2.C2H6O.H4N2.H2O/c1-11-8-5-3-4-7(6-8)9(10)12-2;1-12-7-4-2-3-6(5-7)8(11)10-9;1-2-3;1-2;/h3-6H,1-2H3;2-5H,9H2,1H3,(H,10,11);3H,2H2,1H3;1-2H2;1H2. The Balaban J connectivity index is -0.000000390. The third-order valence-electron chi connectivity index (χ3n) is 2.95. The highest BCUT2D eigenvalue weighted by molar-refractivity contribution is 5.94. The number of ether oxygens (including phenoxy) is 3. The molecule has 1 amide bonds. The van der Waals surface area contributed by atoms with Gasteiger partial charge in [0.2, 0.25) is 0 Å². The predicted molar refractivity (Wildman–Crippen MR) is 114 cm³/mol. The van der Waals surface area contributed by atoms with Crippen molar-refractivity contribution in [1.82, 2.24) is 5.43 Å². The Labute approximate surface area is 176 Å². The largest absolute Gasteiger partial charge is 0.497 e. The molecule has 0 saturated carbocycles. The second-order valence-corrected chi connectivity index (χ2v) is 4.75. The van der Waals surface area contributed by atoms with E-state index in [1.807, 2.05) is 5.43 Å². The zero-order valence-corrected chi connectivity index (χ0v) is 17.5. The van der Waals surface area contributed by atoms with Gasteiger partial charge in [-0.3, -0.25) is 21.9 Å². The Bertz CT molecular complexity index is 655. The van der Waals surface area contributed by atoms with Crippen molar-refractivity contribution >= 4 is 11.9 Å². The van der Waals surface area contributed by atoms with Crippen LogP contribution in [0.1, 0.15) is 27.6 Å². The molecule has 0 aliphatic carbocycles. The van der Waals surface area contributed by atoms with Crippen LogP contribution in [0.25, 0.3) is 0 Å². The van der Waals surface area contributed by atoms with Gasteiger partial charge >= 0.3 is 5.97 Å². The molecule has 2 rings (SSSR count). The topological polar surface area (TPSA) is 204 Å². The van der Waals surface area contributed by atoms with Crippen LogP contribution in [0, 0.1) is 0 Å². The summed E-state index contributed by atoms with van der Waals surface area (Å²) in [6.07, 6.45) is 0. The molecule has 10 N–H and O–H groups in total. The van der Waals surface area contributed by atoms with E-state index in [-0.39, 0.29) is 24.0 Å². The minimum Gasteiger partial charge on any atom is -0.497 e. The first kappa shape index (κ1) is 31.5. The lowest BCUT2D eigenvalue weighted by Gasteiger charge is -2.01. The van der Waals surface area contributed by atoms with Gasteiger partial charge in [0.05, 0.1) is 26.9 Å². The minimum absolute atomic E-state index is 0. The van der Waals surface area contributed by atoms with Gasteiger partial charge in [-0.1, -0.05) is 12.1 Å². The lowest BCUT2D eigenvalue weighted by molar-refractivity contribution is 0.0600. The maximum atomic E-state index is 11.0. The van der Waals surface area contributed by atoms with Crippen molar-refractivity contribution in [3.8, 4) is 11.5 Å². The van der Waals surface area contributed by atoms with E-state index >= 15 is 0 Å². The fourth-order valence-electron chi connectivity index (χ4n) is 1.72. The van der Waals surface area contributed by atoms with Crippen molar-refractivity contribution < 1.29 is 34.4 Å². The number of aliphatic hydroxyl groups is 1. The maximum absolute atomic E-state index is 11.0. The van der Waals surface area contributed by atoms with Crippen LogP contribution in [-0.4, -0.2) is 50.4 Å². The summed E-state index contributed by atoms with van der Waals surface area (Å²) in [5.41, 5.74) is 3.02. The molecule has 0 radical (unpaired) electrons. The van der Waals surface area contributed by atoms with Crippen LogP contribution >= 0.6 is 0 Å². The molecule has 0 unspecified atom stereocenters. The monoisotopic (exact) mass is 428 g/mol. The smallest absolute Gasteiger partial charge is 0.337 e. The quantitative estimate of drug-likeness (QED) is 0.188. The lowest BCUT2D eigenvalue weighted by Crippen LogP contribution is -2.29. The number of nitrogens with two attached hydrogens (primary N) is 3. The molecule has 0 spiro atoms. The highest BCUT2D eigenvalue weighted by Gasteiger charge is 2.05. The van der Waals surface area contributed by atoms with E-state index in [0.717, 1.165) is 0 Å². The molecule has 2 aromatic carbocycles. The average Bonchev–Trinajstić information content (AvgIpc) is 2.80. The van der Waals surface area contributed by atoms with Gasteiger partial charge in [0, 0.05) is 12.2 Å². The molecule has 0 bridgehead atoms. The minimum atomic E-state index is -0.353. The number of nitrogens with one attached hydrogen (secondary N) is 1. The summed E-state index contributed by atoms with van der Waals surface area (Å²) in [6, 6.07) is 13.6. The Morgan fingerprint density at radius 3 is 1.70 bits per heavy atom. The van der Waals surface area contributed by atoms with Gasteiger partial charge in [-0.05, 0) is 43.3 Å². The molecule has 2 aromatic rings. The lowest BCUT2D eigenvalue weighted by atomic mass is 10.2. The molecular weight excluding hydrogens is 396 g/mol. The van der Waals surface area contributed by atoms with Crippen molar-refractivity contribution in [2.75, 3.05) is 27.9 Å². The molecule has 0 heterocycles. The Kier molecular flexibility index (Phi) is 21.5. The van der Waals surface area contributed by atoms with Crippen molar-refractivity contribution in [2.24, 2.45) is 17.5 Å². The second-order valence-electron chi connectivity index (χ2n) is 4.75. The van der Waals surface area contributed by atoms with Crippen LogP contribution in [0.3, 0.4) is 0 Å². The molecule has 0 aromatic heterocycles. The van der Waals surface area contributed by atoms with Crippen molar-refractivity contribution in [2.45, 2.75) is 6.92 Å². The molecule has 170 valence electrons. The van der Waals surface area contributed by atoms with Gasteiger partial charge in [0.1, 0.15) is 11.5 Å². The molecule has 0 aliphatic heterocycles. The SMILES string of the molecule is CCO.COC(=O)c1cccc(OC)c1.COc1cccc(C(=O)NN)c1.NN.O. The molecular formula is C19H32N4O7. The van der Waals surface area contributed by atoms with Gasteiger partial charge < -0.3 is 24.8 Å². The first-order chi connectivity index (χ1) is 14.0. The van der Waals surface area contributed by atoms with Crippen LogP contribution in [0.2, 0.25) is 0 Å². The van der Waals surface area contributed by atoms with E-state index in [1.165, 1.54) is 7.11 Å². The molecule has 11 heteroatoms. The average molecular weight is 428 g/mol. The zero-order valence-electron chi connectivity index (χ0n) is 17.5. The van der Waals surface area contributed by atoms with E-state index in [0.29, 0.717) is 22.6 Å². The summed E-state index contributed by atoms with van der Waals surface area (Å²) in [7, 11) is 4.44. The highest BCUT2D eigenvalue weighted by atomic mass is 16.5. The first-order valence-electron chi connectivity index (χ1n) is 8.28. The number of rotatable bonds is 4. The van der Waals surface area contributed by atoms with Gasteiger partial charge in [-0.25, -0.2) is 10.6 Å². The normalized spacial score (nSPS) is 8.13. The molecule has 11 nitrogen and oxygen atoms in total. The number of methoxy groups -OCH3 is 3. The van der Waals surface area contributed by atoms with E-state index in [1.54, 1.807) is 69.7 Å². The van der Waals surface area contributed by atoms with E-state index in [9.17, 15) is 9.59 Å². The maximum Gasteiger partial charge on any atom is 0.337 e. The molecule has 0 saturated heterocycles. The van der Waals surface area contributed by atoms with Gasteiger partial charge in [0.25, 0.3) is 5.91 Å². The molecule has 0 aliphatic rings. The van der Waals surface area contributed by atoms with Gasteiger partial charge in [-0.15, -0.1) is 0 Å². The first-order valence-corrected chi connectivity index (χ1v) is 8.28. The second kappa shape index (κ2) is 20.5. The number of carbonyl (C=O) groups excluding carboxylic acids is 2. The number of hydrazine groups is 2. The number of carbonyl (C=O) groups is 2. The summed E-state index contributed by atoms with van der Waals surface area (Å²) in [4.78, 5) is 22.0. The summed E-state index contributed by atoms with van der Waals surface area (Å²) >= 11 is 0. The van der Waals surface area contributed by atoms with Gasteiger partial charge in [0.15, 0.2) is 0 Å². The zero-order chi connectivity index (χ0) is 22.7. The van der Waals surface area contributed by atoms with Crippen molar-refractivity contribution in [1.29, 1.82) is 0 Å². The van der Waals surface area contributed by atoms with Crippen molar-refractivity contribution in [3.63, 3.8) is 0 Å². The van der Waals surface area contributed by atoms with E-state index < -0.39 is 0 Å². The summed E-state index contributed by atoms with van der Waals surface area (Å²) < 4.78 is 14.4. The van der Waals surface area contributed by atoms with Crippen LogP contribution in [0.4, 0.5) is 0 Å². The van der Waals surface area contributed by atoms with Crippen LogP contribution < -0.4 is 32.4 Å². The molecule has 0 atom stereocenters.